The van der Waals surface area contributed by atoms with Gasteiger partial charge in [-0.2, -0.15) is 0 Å². The lowest BCUT2D eigenvalue weighted by atomic mass is 10.0. The van der Waals surface area contributed by atoms with E-state index in [1.807, 2.05) is 24.3 Å². The van der Waals surface area contributed by atoms with Gasteiger partial charge in [-0.15, -0.1) is 0 Å². The fraction of sp³-hybridized carbons (Fsp3) is 0.625. The zero-order valence-corrected chi connectivity index (χ0v) is 11.9. The standard InChI is InChI=1S/C16H23NO3/c1-19-13-6-4-11(5-7-13)15(18)10-17-14-8-9-20-16(14)12-2-3-12/h4-7,12,14-18H,2-3,8-10H2,1H3. The predicted molar refractivity (Wildman–Crippen MR) is 76.8 cm³/mol. The zero-order chi connectivity index (χ0) is 13.9. The van der Waals surface area contributed by atoms with E-state index in [1.54, 1.807) is 7.11 Å². The number of hydrogen-bond donors (Lipinski definition) is 2. The van der Waals surface area contributed by atoms with Crippen LogP contribution >= 0.6 is 0 Å². The molecule has 2 fully saturated rings. The Balaban J connectivity index is 1.51. The van der Waals surface area contributed by atoms with Gasteiger partial charge in [0.1, 0.15) is 5.75 Å². The number of aliphatic hydroxyl groups is 1. The van der Waals surface area contributed by atoms with E-state index in [-0.39, 0.29) is 0 Å². The Morgan fingerprint density at radius 2 is 2.05 bits per heavy atom. The maximum atomic E-state index is 10.2. The summed E-state index contributed by atoms with van der Waals surface area (Å²) < 4.78 is 10.9. The minimum atomic E-state index is -0.485. The monoisotopic (exact) mass is 277 g/mol. The molecule has 4 nitrogen and oxygen atoms in total. The van der Waals surface area contributed by atoms with E-state index in [0.29, 0.717) is 18.7 Å². The lowest BCUT2D eigenvalue weighted by Crippen LogP contribution is -2.39. The molecule has 0 amide bonds. The molecule has 1 aliphatic heterocycles. The van der Waals surface area contributed by atoms with Crippen LogP contribution in [0.1, 0.15) is 30.9 Å². The third kappa shape index (κ3) is 3.14. The molecular formula is C16H23NO3. The van der Waals surface area contributed by atoms with Crippen molar-refractivity contribution in [3.8, 4) is 5.75 Å². The fourth-order valence-electron chi connectivity index (χ4n) is 2.93. The van der Waals surface area contributed by atoms with E-state index in [0.717, 1.165) is 30.3 Å². The Morgan fingerprint density at radius 3 is 2.70 bits per heavy atom. The van der Waals surface area contributed by atoms with E-state index in [9.17, 15) is 5.11 Å². The molecule has 0 radical (unpaired) electrons. The molecule has 110 valence electrons. The van der Waals surface area contributed by atoms with Crippen LogP contribution < -0.4 is 10.1 Å². The van der Waals surface area contributed by atoms with Crippen LogP contribution in [0.3, 0.4) is 0 Å². The Hall–Kier alpha value is -1.10. The van der Waals surface area contributed by atoms with Crippen molar-refractivity contribution >= 4 is 0 Å². The topological polar surface area (TPSA) is 50.7 Å². The SMILES string of the molecule is COc1ccc(C(O)CNC2CCOC2C2CC2)cc1. The van der Waals surface area contributed by atoms with Gasteiger partial charge in [0.25, 0.3) is 0 Å². The van der Waals surface area contributed by atoms with E-state index >= 15 is 0 Å². The number of benzene rings is 1. The first-order chi connectivity index (χ1) is 9.78. The molecule has 1 saturated heterocycles. The summed E-state index contributed by atoms with van der Waals surface area (Å²) in [4.78, 5) is 0. The number of ether oxygens (including phenoxy) is 2. The molecule has 0 bridgehead atoms. The quantitative estimate of drug-likeness (QED) is 0.833. The molecule has 2 aliphatic rings. The van der Waals surface area contributed by atoms with Crippen molar-refractivity contribution in [3.63, 3.8) is 0 Å². The lowest BCUT2D eigenvalue weighted by Gasteiger charge is -2.21. The summed E-state index contributed by atoms with van der Waals surface area (Å²) in [6, 6.07) is 7.98. The molecule has 3 atom stereocenters. The Labute approximate surface area is 120 Å². The van der Waals surface area contributed by atoms with Crippen LogP contribution in [0.2, 0.25) is 0 Å². The molecule has 2 N–H and O–H groups in total. The molecule has 1 saturated carbocycles. The smallest absolute Gasteiger partial charge is 0.118 e. The van der Waals surface area contributed by atoms with Crippen molar-refractivity contribution in [2.75, 3.05) is 20.3 Å². The van der Waals surface area contributed by atoms with Crippen molar-refractivity contribution in [1.29, 1.82) is 0 Å². The van der Waals surface area contributed by atoms with Crippen molar-refractivity contribution in [1.82, 2.24) is 5.32 Å². The summed E-state index contributed by atoms with van der Waals surface area (Å²) in [6.07, 6.45) is 3.52. The van der Waals surface area contributed by atoms with Crippen molar-refractivity contribution in [3.05, 3.63) is 29.8 Å². The number of hydrogen-bond acceptors (Lipinski definition) is 4. The largest absolute Gasteiger partial charge is 0.497 e. The van der Waals surface area contributed by atoms with Crippen LogP contribution in [0, 0.1) is 5.92 Å². The summed E-state index contributed by atoms with van der Waals surface area (Å²) in [7, 11) is 1.64. The zero-order valence-electron chi connectivity index (χ0n) is 11.9. The molecule has 3 unspecified atom stereocenters. The highest BCUT2D eigenvalue weighted by Crippen LogP contribution is 2.38. The first-order valence-electron chi connectivity index (χ1n) is 7.45. The summed E-state index contributed by atoms with van der Waals surface area (Å²) in [5.41, 5.74) is 0.917. The van der Waals surface area contributed by atoms with Gasteiger partial charge in [-0.25, -0.2) is 0 Å². The van der Waals surface area contributed by atoms with Crippen molar-refractivity contribution < 1.29 is 14.6 Å². The van der Waals surface area contributed by atoms with Gasteiger partial charge in [-0.3, -0.25) is 0 Å². The van der Waals surface area contributed by atoms with Gasteiger partial charge < -0.3 is 19.9 Å². The van der Waals surface area contributed by atoms with Gasteiger partial charge in [0.15, 0.2) is 0 Å². The average molecular weight is 277 g/mol. The molecule has 1 aromatic carbocycles. The maximum absolute atomic E-state index is 10.2. The van der Waals surface area contributed by atoms with Crippen molar-refractivity contribution in [2.45, 2.75) is 37.5 Å². The molecule has 0 spiro atoms. The van der Waals surface area contributed by atoms with Gasteiger partial charge >= 0.3 is 0 Å². The van der Waals surface area contributed by atoms with Gasteiger partial charge in [0.05, 0.1) is 19.3 Å². The van der Waals surface area contributed by atoms with Gasteiger partial charge in [0, 0.05) is 19.2 Å². The van der Waals surface area contributed by atoms with Crippen LogP contribution in [-0.2, 0) is 4.74 Å². The van der Waals surface area contributed by atoms with E-state index < -0.39 is 6.10 Å². The highest BCUT2D eigenvalue weighted by atomic mass is 16.5. The van der Waals surface area contributed by atoms with Crippen molar-refractivity contribution in [2.24, 2.45) is 5.92 Å². The summed E-state index contributed by atoms with van der Waals surface area (Å²) in [5.74, 6) is 1.56. The number of aliphatic hydroxyl groups excluding tert-OH is 1. The lowest BCUT2D eigenvalue weighted by molar-refractivity contribution is 0.0770. The molecule has 1 aliphatic carbocycles. The Kier molecular flexibility index (Phi) is 4.24. The summed E-state index contributed by atoms with van der Waals surface area (Å²) in [5, 5.41) is 13.7. The first kappa shape index (κ1) is 13.9. The molecule has 1 aromatic rings. The number of nitrogens with one attached hydrogen (secondary N) is 1. The minimum Gasteiger partial charge on any atom is -0.497 e. The van der Waals surface area contributed by atoms with E-state index in [4.69, 9.17) is 9.47 Å². The van der Waals surface area contributed by atoms with Crippen LogP contribution in [0.4, 0.5) is 0 Å². The van der Waals surface area contributed by atoms with Crippen LogP contribution in [0.25, 0.3) is 0 Å². The normalized spacial score (nSPS) is 27.5. The van der Waals surface area contributed by atoms with Crippen LogP contribution in [0.5, 0.6) is 5.75 Å². The molecular weight excluding hydrogens is 254 g/mol. The summed E-state index contributed by atoms with van der Waals surface area (Å²) in [6.45, 7) is 1.42. The Morgan fingerprint density at radius 1 is 1.30 bits per heavy atom. The second kappa shape index (κ2) is 6.12. The molecule has 1 heterocycles. The number of methoxy groups -OCH3 is 1. The number of rotatable bonds is 6. The summed E-state index contributed by atoms with van der Waals surface area (Å²) >= 11 is 0. The first-order valence-corrected chi connectivity index (χ1v) is 7.45. The second-order valence-corrected chi connectivity index (χ2v) is 5.77. The second-order valence-electron chi connectivity index (χ2n) is 5.77. The molecule has 3 rings (SSSR count). The fourth-order valence-corrected chi connectivity index (χ4v) is 2.93. The Bertz CT molecular complexity index is 430. The van der Waals surface area contributed by atoms with E-state index in [2.05, 4.69) is 5.32 Å². The van der Waals surface area contributed by atoms with Gasteiger partial charge in [-0.1, -0.05) is 12.1 Å². The molecule has 4 heteroatoms. The molecule has 20 heavy (non-hydrogen) atoms. The predicted octanol–water partition coefficient (Wildman–Crippen LogP) is 1.89. The highest BCUT2D eigenvalue weighted by molar-refractivity contribution is 5.28. The van der Waals surface area contributed by atoms with Crippen LogP contribution in [0.15, 0.2) is 24.3 Å². The van der Waals surface area contributed by atoms with Gasteiger partial charge in [0.2, 0.25) is 0 Å². The highest BCUT2D eigenvalue weighted by Gasteiger charge is 2.40. The maximum Gasteiger partial charge on any atom is 0.118 e. The minimum absolute atomic E-state index is 0.359. The third-order valence-electron chi connectivity index (χ3n) is 4.30. The van der Waals surface area contributed by atoms with Gasteiger partial charge in [-0.05, 0) is 42.9 Å². The van der Waals surface area contributed by atoms with E-state index in [1.165, 1.54) is 12.8 Å². The third-order valence-corrected chi connectivity index (χ3v) is 4.30. The average Bonchev–Trinajstić information content (AvgIpc) is 3.23. The molecule has 0 aromatic heterocycles. The van der Waals surface area contributed by atoms with Crippen LogP contribution in [-0.4, -0.2) is 37.5 Å².